The molecule has 1 fully saturated rings. The number of rotatable bonds is 7. The van der Waals surface area contributed by atoms with E-state index in [1.807, 2.05) is 0 Å². The van der Waals surface area contributed by atoms with Gasteiger partial charge in [0.25, 0.3) is 0 Å². The van der Waals surface area contributed by atoms with Crippen LogP contribution in [0.1, 0.15) is 30.9 Å². The van der Waals surface area contributed by atoms with Gasteiger partial charge < -0.3 is 34.8 Å². The first-order valence-electron chi connectivity index (χ1n) is 10.1. The van der Waals surface area contributed by atoms with Crippen LogP contribution >= 0.6 is 0 Å². The van der Waals surface area contributed by atoms with Gasteiger partial charge in [0.1, 0.15) is 20.2 Å². The van der Waals surface area contributed by atoms with Crippen molar-refractivity contribution in [3.8, 4) is 0 Å². The molecule has 3 rings (SSSR count). The second-order valence-corrected chi connectivity index (χ2v) is 6.57. The van der Waals surface area contributed by atoms with E-state index in [0.717, 1.165) is 25.0 Å². The summed E-state index contributed by atoms with van der Waals surface area (Å²) in [4.78, 5) is 37.5. The number of hydrogen-bond donors (Lipinski definition) is 1. The maximum absolute atomic E-state index is 11.0. The van der Waals surface area contributed by atoms with Crippen molar-refractivity contribution < 1.29 is 29.2 Å². The quantitative estimate of drug-likeness (QED) is 0.279. The van der Waals surface area contributed by atoms with Gasteiger partial charge in [0.15, 0.2) is 0 Å². The summed E-state index contributed by atoms with van der Waals surface area (Å²) in [5, 5.41) is 29.0. The molecule has 2 aromatic rings. The summed E-state index contributed by atoms with van der Waals surface area (Å²) in [6, 6.07) is 5.70. The van der Waals surface area contributed by atoms with E-state index in [4.69, 9.17) is 22.4 Å². The largest absolute Gasteiger partial charge is 0.466 e. The molecule has 3 heterocycles. The second kappa shape index (κ2) is 15.4. The van der Waals surface area contributed by atoms with E-state index in [1.165, 1.54) is 30.6 Å². The lowest BCUT2D eigenvalue weighted by Crippen LogP contribution is -2.07. The van der Waals surface area contributed by atoms with Crippen LogP contribution in [-0.2, 0) is 27.1 Å². The minimum Gasteiger partial charge on any atom is -0.466 e. The van der Waals surface area contributed by atoms with Crippen LogP contribution in [0.3, 0.4) is 0 Å². The van der Waals surface area contributed by atoms with E-state index in [0.29, 0.717) is 18.6 Å². The molecule has 0 amide bonds. The topological polar surface area (TPSA) is 168 Å². The van der Waals surface area contributed by atoms with Crippen molar-refractivity contribution >= 4 is 25.5 Å². The normalized spacial score (nSPS) is 14.2. The number of hydrogen-bond acceptors (Lipinski definition) is 10. The highest BCUT2D eigenvalue weighted by molar-refractivity contribution is 6.11. The summed E-state index contributed by atoms with van der Waals surface area (Å²) in [5.41, 5.74) is 1.39. The molecule has 0 spiro atoms. The first kappa shape index (κ1) is 27.6. The maximum Gasteiger partial charge on any atom is 0.363 e. The summed E-state index contributed by atoms with van der Waals surface area (Å²) in [6.45, 7) is 2.92. The Kier molecular flexibility index (Phi) is 12.9. The molecule has 1 atom stereocenters. The fourth-order valence-corrected chi connectivity index (χ4v) is 2.41. The highest BCUT2D eigenvalue weighted by atomic mass is 16.6. The molecule has 0 aliphatic carbocycles. The van der Waals surface area contributed by atoms with Crippen molar-refractivity contribution in [3.05, 3.63) is 68.0 Å². The van der Waals surface area contributed by atoms with Crippen LogP contribution in [0.2, 0.25) is 0 Å². The molecule has 0 aromatic carbocycles. The van der Waals surface area contributed by atoms with E-state index in [9.17, 15) is 25.0 Å². The van der Waals surface area contributed by atoms with Crippen molar-refractivity contribution in [2.75, 3.05) is 19.8 Å². The van der Waals surface area contributed by atoms with Gasteiger partial charge in [-0.25, -0.2) is 0 Å². The lowest BCUT2D eigenvalue weighted by atomic mass is 9.98. The number of aliphatic hydroxyl groups is 1. The molecule has 176 valence electrons. The molecular formula is C20H25BN4O8. The van der Waals surface area contributed by atoms with Gasteiger partial charge in [-0.05, 0) is 63.7 Å². The molecule has 1 aliphatic heterocycles. The Morgan fingerprint density at radius 1 is 1.15 bits per heavy atom. The van der Waals surface area contributed by atoms with Crippen molar-refractivity contribution in [2.24, 2.45) is 0 Å². The van der Waals surface area contributed by atoms with Crippen LogP contribution in [0.25, 0.3) is 0 Å². The predicted octanol–water partition coefficient (Wildman–Crippen LogP) is 1.91. The SMILES string of the molecule is CCOC(=O)Cc1ccc([N+](=O)[O-])nc1.O=[N+]([O-])c1ccc(CCO)cn1.[B]C1CCCO1. The van der Waals surface area contributed by atoms with Crippen LogP contribution in [0, 0.1) is 20.2 Å². The fourth-order valence-electron chi connectivity index (χ4n) is 2.41. The van der Waals surface area contributed by atoms with E-state index in [1.54, 1.807) is 13.0 Å². The fraction of sp³-hybridized carbons (Fsp3) is 0.450. The zero-order chi connectivity index (χ0) is 24.6. The number of ether oxygens (including phenoxy) is 2. The molecule has 13 heteroatoms. The Hall–Kier alpha value is -3.45. The van der Waals surface area contributed by atoms with Gasteiger partial charge in [0.2, 0.25) is 0 Å². The summed E-state index contributed by atoms with van der Waals surface area (Å²) in [6.07, 6.45) is 5.44. The van der Waals surface area contributed by atoms with Crippen LogP contribution in [0.15, 0.2) is 36.7 Å². The highest BCUT2D eigenvalue weighted by Gasteiger charge is 2.10. The Balaban J connectivity index is 0.000000268. The van der Waals surface area contributed by atoms with Crippen molar-refractivity contribution in [1.82, 2.24) is 9.97 Å². The lowest BCUT2D eigenvalue weighted by Gasteiger charge is -1.99. The number of carbonyl (C=O) groups is 1. The Labute approximate surface area is 191 Å². The number of pyridine rings is 2. The molecule has 1 unspecified atom stereocenters. The highest BCUT2D eigenvalue weighted by Crippen LogP contribution is 2.09. The molecule has 2 aromatic heterocycles. The monoisotopic (exact) mass is 460 g/mol. The summed E-state index contributed by atoms with van der Waals surface area (Å²) in [5.74, 6) is -0.771. The van der Waals surface area contributed by atoms with Gasteiger partial charge in [-0.2, -0.15) is 0 Å². The number of nitrogens with zero attached hydrogens (tertiary/aromatic N) is 4. The molecule has 12 nitrogen and oxygen atoms in total. The minimum absolute atomic E-state index is 0.0273. The van der Waals surface area contributed by atoms with Crippen LogP contribution in [-0.4, -0.2) is 64.6 Å². The first-order chi connectivity index (χ1) is 15.8. The zero-order valence-corrected chi connectivity index (χ0v) is 18.2. The summed E-state index contributed by atoms with van der Waals surface area (Å²) < 4.78 is 9.65. The van der Waals surface area contributed by atoms with Gasteiger partial charge >= 0.3 is 17.6 Å². The standard InChI is InChI=1S/C9H10N2O4.C7H8N2O3.C4H7BO/c1-2-15-9(12)5-7-3-4-8(10-6-7)11(13)14;10-4-3-6-1-2-7(8-5-6)9(11)12;5-4-2-1-3-6-4/h3-4,6H,2,5H2,1H3;1-2,5,10H,3-4H2;4H,1-3H2. The van der Waals surface area contributed by atoms with Gasteiger partial charge in [0, 0.05) is 36.9 Å². The molecule has 33 heavy (non-hydrogen) atoms. The number of nitro groups is 2. The Morgan fingerprint density at radius 2 is 1.73 bits per heavy atom. The molecular weight excluding hydrogens is 435 g/mol. The average Bonchev–Trinajstić information content (AvgIpc) is 3.27. The average molecular weight is 460 g/mol. The van der Waals surface area contributed by atoms with Gasteiger partial charge in [0.05, 0.1) is 13.0 Å². The number of aromatic nitrogens is 2. The summed E-state index contributed by atoms with van der Waals surface area (Å²) >= 11 is 0. The van der Waals surface area contributed by atoms with Crippen molar-refractivity contribution in [3.63, 3.8) is 0 Å². The zero-order valence-electron chi connectivity index (χ0n) is 18.2. The number of esters is 1. The Bertz CT molecular complexity index is 875. The van der Waals surface area contributed by atoms with Crippen molar-refractivity contribution in [1.29, 1.82) is 0 Å². The molecule has 0 saturated carbocycles. The van der Waals surface area contributed by atoms with E-state index in [-0.39, 0.29) is 36.6 Å². The van der Waals surface area contributed by atoms with Crippen LogP contribution < -0.4 is 0 Å². The van der Waals surface area contributed by atoms with Gasteiger partial charge in [-0.3, -0.25) is 4.79 Å². The Morgan fingerprint density at radius 3 is 2.06 bits per heavy atom. The van der Waals surface area contributed by atoms with Crippen LogP contribution in [0.5, 0.6) is 0 Å². The number of aliphatic hydroxyl groups excluding tert-OH is 1. The third-order valence-corrected chi connectivity index (χ3v) is 4.01. The van der Waals surface area contributed by atoms with Crippen molar-refractivity contribution in [2.45, 2.75) is 38.6 Å². The molecule has 0 bridgehead atoms. The third kappa shape index (κ3) is 11.7. The maximum atomic E-state index is 11.0. The van der Waals surface area contributed by atoms with E-state index in [2.05, 4.69) is 9.97 Å². The van der Waals surface area contributed by atoms with Gasteiger partial charge in [-0.1, -0.05) is 0 Å². The molecule has 2 radical (unpaired) electrons. The van der Waals surface area contributed by atoms with Gasteiger partial charge in [-0.15, -0.1) is 0 Å². The van der Waals surface area contributed by atoms with E-state index >= 15 is 0 Å². The smallest absolute Gasteiger partial charge is 0.363 e. The molecule has 1 aliphatic rings. The number of carbonyl (C=O) groups excluding carboxylic acids is 1. The second-order valence-electron chi connectivity index (χ2n) is 6.57. The lowest BCUT2D eigenvalue weighted by molar-refractivity contribution is -0.389. The first-order valence-corrected chi connectivity index (χ1v) is 10.1. The summed E-state index contributed by atoms with van der Waals surface area (Å²) in [7, 11) is 5.31. The molecule has 1 saturated heterocycles. The predicted molar refractivity (Wildman–Crippen MR) is 118 cm³/mol. The molecule has 1 N–H and O–H groups in total. The minimum atomic E-state index is -0.589. The van der Waals surface area contributed by atoms with E-state index < -0.39 is 9.85 Å². The van der Waals surface area contributed by atoms with Crippen LogP contribution in [0.4, 0.5) is 11.6 Å². The third-order valence-electron chi connectivity index (χ3n) is 4.01.